The highest BCUT2D eigenvalue weighted by Crippen LogP contribution is 2.44. The minimum atomic E-state index is -0.419. The SMILES string of the molecule is CC(C)(C)OC(=O)NC1C2CCC1CC(CN)C2. The van der Waals surface area contributed by atoms with Gasteiger partial charge < -0.3 is 15.8 Å². The van der Waals surface area contributed by atoms with E-state index >= 15 is 0 Å². The molecule has 3 N–H and O–H groups in total. The summed E-state index contributed by atoms with van der Waals surface area (Å²) in [7, 11) is 0. The first-order valence-corrected chi connectivity index (χ1v) is 7.08. The van der Waals surface area contributed by atoms with Crippen molar-refractivity contribution in [2.45, 2.75) is 58.1 Å². The third kappa shape index (κ3) is 3.16. The number of fused-ring (bicyclic) bond motifs is 2. The molecule has 0 radical (unpaired) electrons. The van der Waals surface area contributed by atoms with Gasteiger partial charge in [0.25, 0.3) is 0 Å². The Morgan fingerprint density at radius 3 is 2.28 bits per heavy atom. The predicted molar refractivity (Wildman–Crippen MR) is 71.2 cm³/mol. The largest absolute Gasteiger partial charge is 0.444 e. The van der Waals surface area contributed by atoms with Crippen molar-refractivity contribution in [3.63, 3.8) is 0 Å². The van der Waals surface area contributed by atoms with Gasteiger partial charge in [0.1, 0.15) is 5.60 Å². The summed E-state index contributed by atoms with van der Waals surface area (Å²) in [4.78, 5) is 11.8. The van der Waals surface area contributed by atoms with E-state index in [1.54, 1.807) is 0 Å². The molecule has 2 unspecified atom stereocenters. The van der Waals surface area contributed by atoms with E-state index in [-0.39, 0.29) is 6.09 Å². The van der Waals surface area contributed by atoms with Crippen molar-refractivity contribution in [3.05, 3.63) is 0 Å². The summed E-state index contributed by atoms with van der Waals surface area (Å²) in [6.07, 6.45) is 4.50. The average Bonchev–Trinajstić information content (AvgIpc) is 2.49. The molecule has 0 aliphatic heterocycles. The van der Waals surface area contributed by atoms with Gasteiger partial charge in [0, 0.05) is 6.04 Å². The fraction of sp³-hybridized carbons (Fsp3) is 0.929. The lowest BCUT2D eigenvalue weighted by molar-refractivity contribution is 0.0448. The van der Waals surface area contributed by atoms with Crippen LogP contribution in [0.1, 0.15) is 46.5 Å². The fourth-order valence-electron chi connectivity index (χ4n) is 3.53. The first-order valence-electron chi connectivity index (χ1n) is 7.08. The normalized spacial score (nSPS) is 35.3. The van der Waals surface area contributed by atoms with Gasteiger partial charge in [-0.1, -0.05) is 0 Å². The lowest BCUT2D eigenvalue weighted by atomic mass is 9.77. The molecule has 2 atom stereocenters. The second-order valence-corrected chi connectivity index (χ2v) is 6.84. The number of nitrogens with one attached hydrogen (secondary N) is 1. The maximum absolute atomic E-state index is 11.8. The van der Waals surface area contributed by atoms with Crippen LogP contribution in [0.5, 0.6) is 0 Å². The average molecular weight is 254 g/mol. The van der Waals surface area contributed by atoms with Crippen molar-refractivity contribution in [1.82, 2.24) is 5.32 Å². The van der Waals surface area contributed by atoms with Crippen LogP contribution in [0.4, 0.5) is 4.79 Å². The minimum absolute atomic E-state index is 0.268. The first-order chi connectivity index (χ1) is 8.39. The molecule has 4 nitrogen and oxygen atoms in total. The number of hydrogen-bond donors (Lipinski definition) is 2. The molecule has 2 bridgehead atoms. The predicted octanol–water partition coefficient (Wildman–Crippen LogP) is 2.27. The summed E-state index contributed by atoms with van der Waals surface area (Å²) < 4.78 is 5.34. The Morgan fingerprint density at radius 1 is 1.28 bits per heavy atom. The number of carbonyl (C=O) groups excluding carboxylic acids is 1. The molecule has 18 heavy (non-hydrogen) atoms. The van der Waals surface area contributed by atoms with Crippen molar-refractivity contribution in [2.24, 2.45) is 23.5 Å². The van der Waals surface area contributed by atoms with Crippen LogP contribution >= 0.6 is 0 Å². The molecule has 0 heterocycles. The van der Waals surface area contributed by atoms with E-state index in [1.807, 2.05) is 20.8 Å². The molecule has 2 aliphatic rings. The lowest BCUT2D eigenvalue weighted by Gasteiger charge is -2.35. The molecule has 0 aromatic carbocycles. The molecular weight excluding hydrogens is 228 g/mol. The minimum Gasteiger partial charge on any atom is -0.444 e. The highest BCUT2D eigenvalue weighted by atomic mass is 16.6. The summed E-state index contributed by atoms with van der Waals surface area (Å²) in [6, 6.07) is 0.308. The Labute approximate surface area is 110 Å². The van der Waals surface area contributed by atoms with Gasteiger partial charge in [-0.3, -0.25) is 0 Å². The lowest BCUT2D eigenvalue weighted by Crippen LogP contribution is -2.47. The topological polar surface area (TPSA) is 64.3 Å². The maximum atomic E-state index is 11.8. The molecule has 0 saturated heterocycles. The molecular formula is C14H26N2O2. The van der Waals surface area contributed by atoms with Gasteiger partial charge in [-0.15, -0.1) is 0 Å². The highest BCUT2D eigenvalue weighted by Gasteiger charge is 2.43. The van der Waals surface area contributed by atoms with E-state index in [9.17, 15) is 4.79 Å². The van der Waals surface area contributed by atoms with Gasteiger partial charge in [-0.25, -0.2) is 4.79 Å². The summed E-state index contributed by atoms with van der Waals surface area (Å²) in [6.45, 7) is 6.47. The molecule has 2 fully saturated rings. The molecule has 0 aromatic rings. The molecule has 2 rings (SSSR count). The molecule has 2 saturated carbocycles. The quantitative estimate of drug-likeness (QED) is 0.794. The third-order valence-corrected chi connectivity index (χ3v) is 4.21. The Morgan fingerprint density at radius 2 is 1.83 bits per heavy atom. The molecule has 104 valence electrons. The molecule has 4 heteroatoms. The zero-order chi connectivity index (χ0) is 13.3. The van der Waals surface area contributed by atoms with Gasteiger partial charge in [0.05, 0.1) is 0 Å². The number of ether oxygens (including phenoxy) is 1. The van der Waals surface area contributed by atoms with Crippen LogP contribution < -0.4 is 11.1 Å². The third-order valence-electron chi connectivity index (χ3n) is 4.21. The summed E-state index contributed by atoms with van der Waals surface area (Å²) in [5.74, 6) is 1.86. The van der Waals surface area contributed by atoms with Gasteiger partial charge >= 0.3 is 6.09 Å². The van der Waals surface area contributed by atoms with Crippen molar-refractivity contribution in [3.8, 4) is 0 Å². The summed E-state index contributed by atoms with van der Waals surface area (Å²) >= 11 is 0. The van der Waals surface area contributed by atoms with Gasteiger partial charge in [-0.2, -0.15) is 0 Å². The zero-order valence-corrected chi connectivity index (χ0v) is 11.7. The van der Waals surface area contributed by atoms with Crippen LogP contribution in [-0.4, -0.2) is 24.3 Å². The van der Waals surface area contributed by atoms with E-state index in [2.05, 4.69) is 5.32 Å². The van der Waals surface area contributed by atoms with Gasteiger partial charge in [0.2, 0.25) is 0 Å². The number of nitrogens with two attached hydrogens (primary N) is 1. The molecule has 0 spiro atoms. The molecule has 1 amide bonds. The fourth-order valence-corrected chi connectivity index (χ4v) is 3.53. The van der Waals surface area contributed by atoms with Crippen molar-refractivity contribution in [2.75, 3.05) is 6.54 Å². The Hall–Kier alpha value is -0.770. The number of rotatable bonds is 2. The van der Waals surface area contributed by atoms with Crippen LogP contribution in [-0.2, 0) is 4.74 Å². The van der Waals surface area contributed by atoms with Crippen molar-refractivity contribution < 1.29 is 9.53 Å². The molecule has 0 aromatic heterocycles. The van der Waals surface area contributed by atoms with Crippen molar-refractivity contribution in [1.29, 1.82) is 0 Å². The Balaban J connectivity index is 1.90. The standard InChI is InChI=1S/C14H26N2O2/c1-14(2,3)18-13(17)16-12-10-4-5-11(12)7-9(6-10)8-15/h9-12H,4-8,15H2,1-3H3,(H,16,17). The van der Waals surface area contributed by atoms with E-state index in [4.69, 9.17) is 10.5 Å². The monoisotopic (exact) mass is 254 g/mol. The van der Waals surface area contributed by atoms with E-state index < -0.39 is 5.60 Å². The maximum Gasteiger partial charge on any atom is 0.407 e. The van der Waals surface area contributed by atoms with Crippen LogP contribution in [0.25, 0.3) is 0 Å². The van der Waals surface area contributed by atoms with Crippen LogP contribution in [0.2, 0.25) is 0 Å². The van der Waals surface area contributed by atoms with Crippen LogP contribution in [0.15, 0.2) is 0 Å². The van der Waals surface area contributed by atoms with E-state index in [0.29, 0.717) is 23.8 Å². The number of hydrogen-bond acceptors (Lipinski definition) is 3. The summed E-state index contributed by atoms with van der Waals surface area (Å²) in [5, 5.41) is 3.08. The Bertz CT molecular complexity index is 297. The second-order valence-electron chi connectivity index (χ2n) is 6.84. The zero-order valence-electron chi connectivity index (χ0n) is 11.7. The summed E-state index contributed by atoms with van der Waals surface area (Å²) in [5.41, 5.74) is 5.35. The van der Waals surface area contributed by atoms with E-state index in [1.165, 1.54) is 12.8 Å². The molecule has 2 aliphatic carbocycles. The van der Waals surface area contributed by atoms with Gasteiger partial charge in [-0.05, 0) is 70.8 Å². The second kappa shape index (κ2) is 5.08. The number of alkyl carbamates (subject to hydrolysis) is 1. The van der Waals surface area contributed by atoms with Crippen molar-refractivity contribution >= 4 is 6.09 Å². The smallest absolute Gasteiger partial charge is 0.407 e. The number of amides is 1. The highest BCUT2D eigenvalue weighted by molar-refractivity contribution is 5.68. The van der Waals surface area contributed by atoms with Crippen LogP contribution in [0.3, 0.4) is 0 Å². The van der Waals surface area contributed by atoms with Gasteiger partial charge in [0.15, 0.2) is 0 Å². The number of carbonyl (C=O) groups is 1. The first kappa shape index (κ1) is 13.7. The van der Waals surface area contributed by atoms with Crippen LogP contribution in [0, 0.1) is 17.8 Å². The van der Waals surface area contributed by atoms with E-state index in [0.717, 1.165) is 19.4 Å². The Kier molecular flexibility index (Phi) is 3.85.